The lowest BCUT2D eigenvalue weighted by atomic mass is 9.95. The molecule has 0 aromatic heterocycles. The van der Waals surface area contributed by atoms with Crippen LogP contribution in [0.1, 0.15) is 40.5 Å². The summed E-state index contributed by atoms with van der Waals surface area (Å²) >= 11 is 0. The fraction of sp³-hybridized carbons (Fsp3) is 0.294. The van der Waals surface area contributed by atoms with E-state index in [4.69, 9.17) is 4.84 Å². The molecule has 2 aromatic carbocycles. The third-order valence-electron chi connectivity index (χ3n) is 3.90. The van der Waals surface area contributed by atoms with Crippen molar-refractivity contribution in [2.75, 3.05) is 17.3 Å². The quantitative estimate of drug-likeness (QED) is 0.483. The summed E-state index contributed by atoms with van der Waals surface area (Å²) in [5, 5.41) is 3.38. The van der Waals surface area contributed by atoms with Gasteiger partial charge in [0.2, 0.25) is 0 Å². The number of carbonyl (C=O) groups excluding carboxylic acids is 2. The van der Waals surface area contributed by atoms with Gasteiger partial charge in [0.25, 0.3) is 21.8 Å². The number of nitrogens with one attached hydrogen (secondary N) is 1. The summed E-state index contributed by atoms with van der Waals surface area (Å²) in [6, 6.07) is 8.06. The van der Waals surface area contributed by atoms with Crippen LogP contribution in [-0.2, 0) is 14.9 Å². The zero-order chi connectivity index (χ0) is 18.2. The van der Waals surface area contributed by atoms with Crippen molar-refractivity contribution in [1.82, 2.24) is 5.32 Å². The summed E-state index contributed by atoms with van der Waals surface area (Å²) in [5.41, 5.74) is 0.856. The number of nitrogens with zero attached hydrogens (tertiary/aromatic N) is 1. The number of hydrogen-bond donors (Lipinski definition) is 1. The monoisotopic (exact) mass is 362 g/mol. The van der Waals surface area contributed by atoms with Gasteiger partial charge < -0.3 is 0 Å². The van der Waals surface area contributed by atoms with E-state index < -0.39 is 21.8 Å². The van der Waals surface area contributed by atoms with Gasteiger partial charge in [-0.3, -0.25) is 19.7 Å². The van der Waals surface area contributed by atoms with Crippen LogP contribution >= 0.6 is 0 Å². The van der Waals surface area contributed by atoms with Crippen LogP contribution in [0.25, 0.3) is 10.8 Å². The first kappa shape index (κ1) is 17.4. The maximum atomic E-state index is 12.2. The molecule has 0 saturated carbocycles. The number of sulfonamides is 1. The van der Waals surface area contributed by atoms with Crippen molar-refractivity contribution in [3.63, 3.8) is 0 Å². The van der Waals surface area contributed by atoms with Crippen LogP contribution in [0.5, 0.6) is 0 Å². The fourth-order valence-electron chi connectivity index (χ4n) is 2.78. The maximum absolute atomic E-state index is 12.2. The number of amides is 2. The predicted octanol–water partition coefficient (Wildman–Crippen LogP) is 2.22. The van der Waals surface area contributed by atoms with E-state index in [2.05, 4.69) is 5.32 Å². The Hall–Kier alpha value is -2.45. The van der Waals surface area contributed by atoms with E-state index in [0.29, 0.717) is 22.8 Å². The minimum absolute atomic E-state index is 0.225. The van der Waals surface area contributed by atoms with Crippen molar-refractivity contribution < 1.29 is 22.8 Å². The van der Waals surface area contributed by atoms with Gasteiger partial charge in [-0.15, -0.1) is 4.47 Å². The Balaban J connectivity index is 2.17. The van der Waals surface area contributed by atoms with Crippen molar-refractivity contribution in [3.05, 3.63) is 41.5 Å². The second kappa shape index (κ2) is 6.45. The van der Waals surface area contributed by atoms with Crippen LogP contribution in [-0.4, -0.2) is 33.1 Å². The molecule has 8 heteroatoms. The van der Waals surface area contributed by atoms with Crippen LogP contribution < -0.4 is 9.79 Å². The third-order valence-corrected chi connectivity index (χ3v) is 4.82. The maximum Gasteiger partial charge on any atom is 0.258 e. The Kier molecular flexibility index (Phi) is 4.49. The van der Waals surface area contributed by atoms with Crippen molar-refractivity contribution in [1.29, 1.82) is 0 Å². The van der Waals surface area contributed by atoms with Crippen LogP contribution in [0, 0.1) is 0 Å². The number of benzene rings is 2. The standard InChI is InChI=1S/C17H18N2O5S/c1-3-4-8-24-19(25(2,22)23)12-9-11-6-5-7-13-15(11)14(10-12)17(21)18-16(13)20/h5-7,9-10H,3-4,8H2,1-2H3,(H,18,20,21). The van der Waals surface area contributed by atoms with E-state index in [1.165, 1.54) is 6.07 Å². The first-order valence-corrected chi connectivity index (χ1v) is 9.73. The summed E-state index contributed by atoms with van der Waals surface area (Å²) in [6.45, 7) is 2.21. The van der Waals surface area contributed by atoms with E-state index >= 15 is 0 Å². The van der Waals surface area contributed by atoms with Gasteiger partial charge in [0.15, 0.2) is 0 Å². The molecule has 7 nitrogen and oxygen atoms in total. The summed E-state index contributed by atoms with van der Waals surface area (Å²) in [5.74, 6) is -1.02. The Morgan fingerprint density at radius 3 is 2.52 bits per heavy atom. The number of imide groups is 1. The van der Waals surface area contributed by atoms with Crippen LogP contribution in [0.2, 0.25) is 0 Å². The molecule has 0 bridgehead atoms. The lowest BCUT2D eigenvalue weighted by molar-refractivity contribution is 0.0845. The molecule has 1 heterocycles. The minimum Gasteiger partial charge on any atom is -0.288 e. The van der Waals surface area contributed by atoms with Gasteiger partial charge in [0, 0.05) is 10.9 Å². The zero-order valence-corrected chi connectivity index (χ0v) is 14.7. The van der Waals surface area contributed by atoms with Gasteiger partial charge in [0.05, 0.1) is 24.1 Å². The molecule has 2 amide bonds. The topological polar surface area (TPSA) is 92.8 Å². The smallest absolute Gasteiger partial charge is 0.258 e. The summed E-state index contributed by atoms with van der Waals surface area (Å²) in [6.07, 6.45) is 2.59. The summed E-state index contributed by atoms with van der Waals surface area (Å²) in [4.78, 5) is 29.6. The van der Waals surface area contributed by atoms with Crippen molar-refractivity contribution >= 4 is 38.3 Å². The highest BCUT2D eigenvalue weighted by atomic mass is 32.2. The second-order valence-electron chi connectivity index (χ2n) is 5.86. The van der Waals surface area contributed by atoms with E-state index in [1.54, 1.807) is 24.3 Å². The molecule has 25 heavy (non-hydrogen) atoms. The summed E-state index contributed by atoms with van der Waals surface area (Å²) < 4.78 is 25.1. The molecule has 132 valence electrons. The van der Waals surface area contributed by atoms with Crippen LogP contribution in [0.15, 0.2) is 30.3 Å². The number of hydrogen-bond acceptors (Lipinski definition) is 5. The number of anilines is 1. The van der Waals surface area contributed by atoms with Gasteiger partial charge in [-0.25, -0.2) is 8.42 Å². The molecule has 0 unspecified atom stereocenters. The highest BCUT2D eigenvalue weighted by Crippen LogP contribution is 2.32. The lowest BCUT2D eigenvalue weighted by Crippen LogP contribution is -2.35. The molecule has 3 rings (SSSR count). The average Bonchev–Trinajstić information content (AvgIpc) is 2.55. The Morgan fingerprint density at radius 2 is 1.84 bits per heavy atom. The molecule has 1 aliphatic rings. The third kappa shape index (κ3) is 3.22. The lowest BCUT2D eigenvalue weighted by Gasteiger charge is -2.24. The highest BCUT2D eigenvalue weighted by Gasteiger charge is 2.28. The normalized spacial score (nSPS) is 13.8. The van der Waals surface area contributed by atoms with Crippen LogP contribution in [0.4, 0.5) is 5.69 Å². The largest absolute Gasteiger partial charge is 0.288 e. The number of unbranched alkanes of at least 4 members (excludes halogenated alkanes) is 1. The molecule has 0 atom stereocenters. The molecule has 2 aromatic rings. The molecule has 1 N–H and O–H groups in total. The van der Waals surface area contributed by atoms with Gasteiger partial charge >= 0.3 is 0 Å². The molecular weight excluding hydrogens is 344 g/mol. The van der Waals surface area contributed by atoms with Crippen molar-refractivity contribution in [2.24, 2.45) is 0 Å². The molecule has 1 aliphatic heterocycles. The second-order valence-corrected chi connectivity index (χ2v) is 7.65. The Bertz CT molecular complexity index is 968. The fourth-order valence-corrected chi connectivity index (χ4v) is 3.53. The molecule has 0 fully saturated rings. The molecule has 0 radical (unpaired) electrons. The molecule has 0 saturated heterocycles. The van der Waals surface area contributed by atoms with Crippen molar-refractivity contribution in [2.45, 2.75) is 19.8 Å². The van der Waals surface area contributed by atoms with E-state index in [9.17, 15) is 18.0 Å². The average molecular weight is 362 g/mol. The highest BCUT2D eigenvalue weighted by molar-refractivity contribution is 7.91. The van der Waals surface area contributed by atoms with Gasteiger partial charge in [-0.2, -0.15) is 0 Å². The predicted molar refractivity (Wildman–Crippen MR) is 93.9 cm³/mol. The van der Waals surface area contributed by atoms with Crippen molar-refractivity contribution in [3.8, 4) is 0 Å². The Labute approximate surface area is 145 Å². The number of rotatable bonds is 6. The first-order valence-electron chi connectivity index (χ1n) is 7.88. The first-order chi connectivity index (χ1) is 11.8. The van der Waals surface area contributed by atoms with E-state index in [-0.39, 0.29) is 17.9 Å². The zero-order valence-electron chi connectivity index (χ0n) is 13.9. The molecular formula is C17H18N2O5S. The minimum atomic E-state index is -3.70. The molecule has 0 aliphatic carbocycles. The van der Waals surface area contributed by atoms with E-state index in [0.717, 1.165) is 17.1 Å². The van der Waals surface area contributed by atoms with Gasteiger partial charge in [0.1, 0.15) is 0 Å². The van der Waals surface area contributed by atoms with E-state index in [1.807, 2.05) is 6.92 Å². The molecule has 0 spiro atoms. The van der Waals surface area contributed by atoms with Gasteiger partial charge in [-0.05, 0) is 30.0 Å². The SMILES string of the molecule is CCCCON(c1cc2c3c(cccc3c1)C(=O)NC2=O)S(C)(=O)=O. The van der Waals surface area contributed by atoms with Crippen LogP contribution in [0.3, 0.4) is 0 Å². The Morgan fingerprint density at radius 1 is 1.12 bits per heavy atom. The number of carbonyl (C=O) groups is 2. The van der Waals surface area contributed by atoms with Gasteiger partial charge in [-0.1, -0.05) is 25.5 Å². The summed E-state index contributed by atoms with van der Waals surface area (Å²) in [7, 11) is -3.70.